The standard InChI is InChI=1S/C14H21NO/c1-2-16-11-12-3-5-13(6-4-12)14-7-9-15-10-8-14/h3-6,14-15H,2,7-11H2,1H3. The van der Waals surface area contributed by atoms with Crippen LogP contribution in [0.25, 0.3) is 0 Å². The highest BCUT2D eigenvalue weighted by Gasteiger charge is 2.14. The van der Waals surface area contributed by atoms with Crippen molar-refractivity contribution < 1.29 is 4.74 Å². The largest absolute Gasteiger partial charge is 0.377 e. The van der Waals surface area contributed by atoms with Gasteiger partial charge in [0.1, 0.15) is 0 Å². The van der Waals surface area contributed by atoms with Gasteiger partial charge in [0.25, 0.3) is 0 Å². The number of hydrogen-bond donors (Lipinski definition) is 1. The highest BCUT2D eigenvalue weighted by Crippen LogP contribution is 2.25. The molecule has 88 valence electrons. The zero-order chi connectivity index (χ0) is 11.2. The molecular weight excluding hydrogens is 198 g/mol. The number of benzene rings is 1. The lowest BCUT2D eigenvalue weighted by atomic mass is 9.90. The summed E-state index contributed by atoms with van der Waals surface area (Å²) in [5.74, 6) is 0.752. The molecule has 2 rings (SSSR count). The number of rotatable bonds is 4. The Kier molecular flexibility index (Phi) is 4.37. The van der Waals surface area contributed by atoms with Gasteiger partial charge in [-0.2, -0.15) is 0 Å². The van der Waals surface area contributed by atoms with Crippen LogP contribution in [-0.2, 0) is 11.3 Å². The Morgan fingerprint density at radius 1 is 1.19 bits per heavy atom. The fourth-order valence-electron chi connectivity index (χ4n) is 2.26. The molecule has 0 unspecified atom stereocenters. The predicted molar refractivity (Wildman–Crippen MR) is 66.6 cm³/mol. The van der Waals surface area contributed by atoms with Gasteiger partial charge in [0.2, 0.25) is 0 Å². The van der Waals surface area contributed by atoms with E-state index in [2.05, 4.69) is 29.6 Å². The molecule has 1 heterocycles. The Bertz CT molecular complexity index is 301. The minimum absolute atomic E-state index is 0.739. The quantitative estimate of drug-likeness (QED) is 0.840. The Balaban J connectivity index is 1.95. The highest BCUT2D eigenvalue weighted by atomic mass is 16.5. The summed E-state index contributed by atoms with van der Waals surface area (Å²) in [6.07, 6.45) is 2.54. The van der Waals surface area contributed by atoms with E-state index in [1.165, 1.54) is 24.0 Å². The van der Waals surface area contributed by atoms with Crippen LogP contribution in [0.5, 0.6) is 0 Å². The van der Waals surface area contributed by atoms with Gasteiger partial charge < -0.3 is 10.1 Å². The molecular formula is C14H21NO. The van der Waals surface area contributed by atoms with Crippen molar-refractivity contribution in [2.75, 3.05) is 19.7 Å². The molecule has 0 amide bonds. The van der Waals surface area contributed by atoms with Crippen molar-refractivity contribution in [3.05, 3.63) is 35.4 Å². The molecule has 2 nitrogen and oxygen atoms in total. The van der Waals surface area contributed by atoms with E-state index in [1.54, 1.807) is 0 Å². The second kappa shape index (κ2) is 6.02. The maximum Gasteiger partial charge on any atom is 0.0716 e. The third-order valence-corrected chi connectivity index (χ3v) is 3.26. The lowest BCUT2D eigenvalue weighted by molar-refractivity contribution is 0.134. The molecule has 1 N–H and O–H groups in total. The van der Waals surface area contributed by atoms with Crippen molar-refractivity contribution in [1.82, 2.24) is 5.32 Å². The molecule has 1 saturated heterocycles. The first kappa shape index (κ1) is 11.6. The van der Waals surface area contributed by atoms with Crippen LogP contribution < -0.4 is 5.32 Å². The molecule has 0 aromatic heterocycles. The Morgan fingerprint density at radius 3 is 2.50 bits per heavy atom. The van der Waals surface area contributed by atoms with Crippen LogP contribution in [0.2, 0.25) is 0 Å². The van der Waals surface area contributed by atoms with Crippen LogP contribution in [0, 0.1) is 0 Å². The van der Waals surface area contributed by atoms with Gasteiger partial charge in [-0.3, -0.25) is 0 Å². The van der Waals surface area contributed by atoms with Crippen molar-refractivity contribution in [3.8, 4) is 0 Å². The fourth-order valence-corrected chi connectivity index (χ4v) is 2.26. The van der Waals surface area contributed by atoms with Crippen molar-refractivity contribution >= 4 is 0 Å². The van der Waals surface area contributed by atoms with Crippen LogP contribution >= 0.6 is 0 Å². The average Bonchev–Trinajstić information content (AvgIpc) is 2.38. The average molecular weight is 219 g/mol. The van der Waals surface area contributed by atoms with E-state index in [1.807, 2.05) is 6.92 Å². The zero-order valence-corrected chi connectivity index (χ0v) is 10.0. The zero-order valence-electron chi connectivity index (χ0n) is 10.0. The Morgan fingerprint density at radius 2 is 1.88 bits per heavy atom. The fraction of sp³-hybridized carbons (Fsp3) is 0.571. The van der Waals surface area contributed by atoms with Gasteiger partial charge in [-0.15, -0.1) is 0 Å². The minimum atomic E-state index is 0.739. The monoisotopic (exact) mass is 219 g/mol. The summed E-state index contributed by atoms with van der Waals surface area (Å²) in [5.41, 5.74) is 2.77. The van der Waals surface area contributed by atoms with Gasteiger partial charge in [-0.1, -0.05) is 24.3 Å². The number of piperidine rings is 1. The van der Waals surface area contributed by atoms with E-state index in [0.29, 0.717) is 0 Å². The Hall–Kier alpha value is -0.860. The number of ether oxygens (including phenoxy) is 1. The molecule has 16 heavy (non-hydrogen) atoms. The molecule has 0 bridgehead atoms. The maximum atomic E-state index is 5.39. The van der Waals surface area contributed by atoms with Crippen LogP contribution in [0.4, 0.5) is 0 Å². The molecule has 0 aliphatic carbocycles. The molecule has 1 aliphatic heterocycles. The summed E-state index contributed by atoms with van der Waals surface area (Å²) in [5, 5.41) is 3.40. The highest BCUT2D eigenvalue weighted by molar-refractivity contribution is 5.25. The van der Waals surface area contributed by atoms with Gasteiger partial charge in [-0.05, 0) is 49.9 Å². The van der Waals surface area contributed by atoms with E-state index >= 15 is 0 Å². The van der Waals surface area contributed by atoms with Gasteiger partial charge in [0, 0.05) is 6.61 Å². The molecule has 1 fully saturated rings. The van der Waals surface area contributed by atoms with Gasteiger partial charge in [-0.25, -0.2) is 0 Å². The normalized spacial score (nSPS) is 17.6. The first-order valence-corrected chi connectivity index (χ1v) is 6.27. The van der Waals surface area contributed by atoms with E-state index in [4.69, 9.17) is 4.74 Å². The van der Waals surface area contributed by atoms with E-state index < -0.39 is 0 Å². The third-order valence-electron chi connectivity index (χ3n) is 3.26. The van der Waals surface area contributed by atoms with Crippen LogP contribution in [0.3, 0.4) is 0 Å². The Labute approximate surface area is 98.0 Å². The maximum absolute atomic E-state index is 5.39. The molecule has 1 aliphatic rings. The topological polar surface area (TPSA) is 21.3 Å². The van der Waals surface area contributed by atoms with Crippen molar-refractivity contribution in [3.63, 3.8) is 0 Å². The lowest BCUT2D eigenvalue weighted by Gasteiger charge is -2.23. The second-order valence-corrected chi connectivity index (χ2v) is 4.40. The van der Waals surface area contributed by atoms with Crippen LogP contribution in [0.1, 0.15) is 36.8 Å². The summed E-state index contributed by atoms with van der Waals surface area (Å²) < 4.78 is 5.39. The van der Waals surface area contributed by atoms with Crippen molar-refractivity contribution in [1.29, 1.82) is 0 Å². The lowest BCUT2D eigenvalue weighted by Crippen LogP contribution is -2.26. The SMILES string of the molecule is CCOCc1ccc(C2CCNCC2)cc1. The predicted octanol–water partition coefficient (Wildman–Crippen LogP) is 2.69. The number of hydrogen-bond acceptors (Lipinski definition) is 2. The summed E-state index contributed by atoms with van der Waals surface area (Å²) >= 11 is 0. The molecule has 0 saturated carbocycles. The second-order valence-electron chi connectivity index (χ2n) is 4.40. The summed E-state index contributed by atoms with van der Waals surface area (Å²) in [6.45, 7) is 5.87. The molecule has 2 heteroatoms. The molecule has 0 atom stereocenters. The third kappa shape index (κ3) is 3.06. The smallest absolute Gasteiger partial charge is 0.0716 e. The van der Waals surface area contributed by atoms with E-state index in [9.17, 15) is 0 Å². The van der Waals surface area contributed by atoms with E-state index in [-0.39, 0.29) is 0 Å². The minimum Gasteiger partial charge on any atom is -0.377 e. The van der Waals surface area contributed by atoms with Crippen molar-refractivity contribution in [2.45, 2.75) is 32.3 Å². The van der Waals surface area contributed by atoms with Crippen LogP contribution in [0.15, 0.2) is 24.3 Å². The first-order chi connectivity index (χ1) is 7.90. The first-order valence-electron chi connectivity index (χ1n) is 6.27. The van der Waals surface area contributed by atoms with E-state index in [0.717, 1.165) is 32.2 Å². The van der Waals surface area contributed by atoms with Gasteiger partial charge >= 0.3 is 0 Å². The summed E-state index contributed by atoms with van der Waals surface area (Å²) in [6, 6.07) is 8.94. The molecule has 0 spiro atoms. The molecule has 1 aromatic rings. The molecule has 1 aromatic carbocycles. The van der Waals surface area contributed by atoms with Gasteiger partial charge in [0.15, 0.2) is 0 Å². The summed E-state index contributed by atoms with van der Waals surface area (Å²) in [4.78, 5) is 0. The number of nitrogens with one attached hydrogen (secondary N) is 1. The van der Waals surface area contributed by atoms with Crippen molar-refractivity contribution in [2.24, 2.45) is 0 Å². The van der Waals surface area contributed by atoms with Crippen LogP contribution in [-0.4, -0.2) is 19.7 Å². The summed E-state index contributed by atoms with van der Waals surface area (Å²) in [7, 11) is 0. The molecule has 0 radical (unpaired) electrons. The van der Waals surface area contributed by atoms with Gasteiger partial charge in [0.05, 0.1) is 6.61 Å².